The number of hydrogen-bond donors (Lipinski definition) is 1. The number of nitrogens with zero attached hydrogens (tertiary/aromatic N) is 4. The lowest BCUT2D eigenvalue weighted by Gasteiger charge is -2.37. The lowest BCUT2D eigenvalue weighted by atomic mass is 9.90. The highest BCUT2D eigenvalue weighted by Crippen LogP contribution is 2.42. The van der Waals surface area contributed by atoms with Crippen LogP contribution in [0.15, 0.2) is 63.8 Å². The summed E-state index contributed by atoms with van der Waals surface area (Å²) in [6.07, 6.45) is 1.59. The molecule has 534 valence electrons. The molecule has 4 aromatic rings. The number of methoxy groups -OCH3 is 1. The number of nitro benzene ring substituents is 1. The fraction of sp³-hybridized carbons (Fsp3) is 0.606. The first-order valence-electron chi connectivity index (χ1n) is 32.7. The van der Waals surface area contributed by atoms with E-state index >= 15 is 0 Å². The van der Waals surface area contributed by atoms with Gasteiger partial charge in [0.2, 0.25) is 0 Å². The first-order valence-corrected chi connectivity index (χ1v) is 32.7. The maximum Gasteiger partial charge on any atom is 0.349 e. The number of nitro groups is 1. The minimum absolute atomic E-state index is 0.0302. The van der Waals surface area contributed by atoms with E-state index in [1.165, 1.54) is 47.2 Å². The predicted molar refractivity (Wildman–Crippen MR) is 360 cm³/mol. The highest BCUT2D eigenvalue weighted by atomic mass is 16.6. The maximum absolute atomic E-state index is 13.9. The van der Waals surface area contributed by atoms with Crippen molar-refractivity contribution in [1.82, 2.24) is 10.2 Å². The molecule has 2 aliphatic rings. The van der Waals surface area contributed by atoms with E-state index in [1.807, 2.05) is 0 Å². The molecule has 0 spiro atoms. The summed E-state index contributed by atoms with van der Waals surface area (Å²) in [5, 5.41) is 16.6. The fourth-order valence-electron chi connectivity index (χ4n) is 11.0. The van der Waals surface area contributed by atoms with Crippen molar-refractivity contribution in [2.45, 2.75) is 234 Å². The molecular formula is C71H99N5O21. The molecule has 0 aliphatic heterocycles. The van der Waals surface area contributed by atoms with Gasteiger partial charge in [-0.15, -0.1) is 0 Å². The number of nitrogens with one attached hydrogen (secondary N) is 1. The van der Waals surface area contributed by atoms with Gasteiger partial charge in [-0.3, -0.25) is 48.6 Å². The molecule has 26 heteroatoms. The van der Waals surface area contributed by atoms with E-state index in [1.54, 1.807) is 154 Å². The van der Waals surface area contributed by atoms with Crippen LogP contribution in [0.3, 0.4) is 0 Å². The minimum Gasteiger partial charge on any atom is -0.497 e. The number of rotatable bonds is 26. The number of carbonyl (C=O) groups excluding carboxylic acids is 7. The normalized spacial score (nSPS) is 16.9. The van der Waals surface area contributed by atoms with Crippen molar-refractivity contribution in [2.75, 3.05) is 56.2 Å². The first kappa shape index (κ1) is 77.3. The number of ether oxygens (including phenoxy) is 10. The zero-order valence-electron chi connectivity index (χ0n) is 59.8. The molecule has 0 saturated heterocycles. The van der Waals surface area contributed by atoms with Gasteiger partial charge in [0, 0.05) is 29.6 Å². The van der Waals surface area contributed by atoms with Crippen LogP contribution in [0, 0.1) is 10.1 Å². The van der Waals surface area contributed by atoms with Crippen molar-refractivity contribution in [2.24, 2.45) is 0 Å². The minimum atomic E-state index is -0.970. The van der Waals surface area contributed by atoms with E-state index in [-0.39, 0.29) is 77.9 Å². The van der Waals surface area contributed by atoms with Crippen LogP contribution in [0.25, 0.3) is 11.0 Å². The molecule has 26 nitrogen and oxygen atoms in total. The summed E-state index contributed by atoms with van der Waals surface area (Å²) >= 11 is 0. The van der Waals surface area contributed by atoms with Crippen molar-refractivity contribution < 1.29 is 90.3 Å². The van der Waals surface area contributed by atoms with Crippen LogP contribution >= 0.6 is 0 Å². The Balaban J connectivity index is 1.30. The molecule has 1 heterocycles. The Labute approximate surface area is 567 Å². The van der Waals surface area contributed by atoms with E-state index in [0.717, 1.165) is 0 Å². The average Bonchev–Trinajstić information content (AvgIpc) is 0.966. The summed E-state index contributed by atoms with van der Waals surface area (Å²) in [5.74, 6) is -3.89. The number of fused-ring (bicyclic) bond motifs is 1. The number of amides is 1. The second-order valence-corrected chi connectivity index (χ2v) is 30.3. The molecule has 0 unspecified atom stereocenters. The lowest BCUT2D eigenvalue weighted by molar-refractivity contribution is -0.385. The molecule has 1 amide bonds. The van der Waals surface area contributed by atoms with Crippen molar-refractivity contribution in [3.05, 3.63) is 86.3 Å². The van der Waals surface area contributed by atoms with Crippen molar-refractivity contribution >= 4 is 69.8 Å². The Hall–Kier alpha value is -8.68. The molecule has 1 aromatic heterocycles. The third kappa shape index (κ3) is 25.4. The maximum atomic E-state index is 13.9. The summed E-state index contributed by atoms with van der Waals surface area (Å²) in [6.45, 7) is 28.3. The van der Waals surface area contributed by atoms with Crippen LogP contribution < -0.4 is 39.7 Å². The first-order chi connectivity index (χ1) is 44.8. The third-order valence-corrected chi connectivity index (χ3v) is 14.5. The SMILES string of the molecule is COc1ccc(N(CC(=O)OC(C)(C)C)CC(=O)OC(C)(C)C)c(O[C@@H]2CCC[C@@H]2Oc2cc([N+](=O)[O-])c(COc3ccc4cc(C(=O)N[C@H]5CC[C@H](N(CC(=O)OC(C)(C)C)CC(=O)OC(C)(C)C)CC5)c(=O)oc4c3)cc2N(CC(=O)OC(C)(C)C)CC(=O)OC(C)(C)C)c1. The van der Waals surface area contributed by atoms with E-state index in [0.29, 0.717) is 61.8 Å². The van der Waals surface area contributed by atoms with Crippen LogP contribution in [0.4, 0.5) is 17.1 Å². The predicted octanol–water partition coefficient (Wildman–Crippen LogP) is 10.7. The van der Waals surface area contributed by atoms with Gasteiger partial charge in [0.05, 0.1) is 48.1 Å². The Morgan fingerprint density at radius 2 is 0.948 bits per heavy atom. The van der Waals surface area contributed by atoms with Crippen LogP contribution in [-0.4, -0.2) is 156 Å². The summed E-state index contributed by atoms with van der Waals surface area (Å²) < 4.78 is 65.1. The van der Waals surface area contributed by atoms with Crippen molar-refractivity contribution in [3.63, 3.8) is 0 Å². The van der Waals surface area contributed by atoms with Gasteiger partial charge in [0.25, 0.3) is 11.6 Å². The molecule has 0 bridgehead atoms. The summed E-state index contributed by atoms with van der Waals surface area (Å²) in [7, 11) is 1.46. The monoisotopic (exact) mass is 1360 g/mol. The Morgan fingerprint density at radius 3 is 1.38 bits per heavy atom. The lowest BCUT2D eigenvalue weighted by Crippen LogP contribution is -2.49. The van der Waals surface area contributed by atoms with Gasteiger partial charge in [0.1, 0.15) is 113 Å². The van der Waals surface area contributed by atoms with Crippen LogP contribution in [0.2, 0.25) is 0 Å². The summed E-state index contributed by atoms with van der Waals surface area (Å²) in [5.41, 5.74) is -6.48. The van der Waals surface area contributed by atoms with E-state index in [2.05, 4.69) is 5.32 Å². The molecule has 6 rings (SSSR count). The van der Waals surface area contributed by atoms with Crippen LogP contribution in [-0.2, 0) is 63.8 Å². The summed E-state index contributed by atoms with van der Waals surface area (Å²) in [6, 6.07) is 12.7. The topological polar surface area (TPSA) is 307 Å². The number of benzene rings is 3. The second-order valence-electron chi connectivity index (χ2n) is 30.3. The van der Waals surface area contributed by atoms with Crippen LogP contribution in [0.1, 0.15) is 185 Å². The van der Waals surface area contributed by atoms with Gasteiger partial charge in [-0.25, -0.2) is 4.79 Å². The highest BCUT2D eigenvalue weighted by Gasteiger charge is 2.38. The van der Waals surface area contributed by atoms with Crippen molar-refractivity contribution in [3.8, 4) is 23.0 Å². The van der Waals surface area contributed by atoms with E-state index < -0.39 is 123 Å². The van der Waals surface area contributed by atoms with E-state index in [9.17, 15) is 48.5 Å². The van der Waals surface area contributed by atoms with Gasteiger partial charge in [0.15, 0.2) is 0 Å². The Morgan fingerprint density at radius 1 is 0.526 bits per heavy atom. The molecule has 2 atom stereocenters. The van der Waals surface area contributed by atoms with Crippen LogP contribution in [0.5, 0.6) is 23.0 Å². The number of anilines is 2. The van der Waals surface area contributed by atoms with Gasteiger partial charge in [-0.2, -0.15) is 0 Å². The molecule has 97 heavy (non-hydrogen) atoms. The molecule has 2 fully saturated rings. The molecule has 2 aliphatic carbocycles. The van der Waals surface area contributed by atoms with Gasteiger partial charge < -0.3 is 66.9 Å². The van der Waals surface area contributed by atoms with Gasteiger partial charge in [-0.1, -0.05) is 0 Å². The Bertz CT molecular complexity index is 3460. The quantitative estimate of drug-likeness (QED) is 0.0201. The number of carbonyl (C=O) groups is 7. The molecular weight excluding hydrogens is 1260 g/mol. The second kappa shape index (κ2) is 31.7. The van der Waals surface area contributed by atoms with Crippen molar-refractivity contribution in [1.29, 1.82) is 0 Å². The number of esters is 6. The fourth-order valence-corrected chi connectivity index (χ4v) is 11.0. The zero-order valence-corrected chi connectivity index (χ0v) is 59.8. The smallest absolute Gasteiger partial charge is 0.349 e. The average molecular weight is 1360 g/mol. The third-order valence-electron chi connectivity index (χ3n) is 14.5. The Kier molecular flexibility index (Phi) is 25.3. The molecule has 2 saturated carbocycles. The molecule has 3 aromatic carbocycles. The standard InChI is InChI=1S/C71H99N5O21/c1-66(2,3)92-58(77)36-73(37-59(78)93-67(4,5)6)46-26-24-45(25-27-46)72-64(83)49-31-43-23-28-48(34-55(43)91-65(49)84)88-42-44-32-52(75(40-62(81)96-70(13,14)15)41-63(82)97-71(16,17)18)57(35-51(44)76(85)86)90-54-22-20-21-53(54)89-56-33-47(87-19)29-30-50(56)74(38-60(79)94-68(7,8)9)39-61(80)95-69(10,11)12/h23,28-35,45-46,53-54H,20-22,24-27,36-42H2,1-19H3,(H,72,83)/t45-,46-,53-,54+/m1/s1. The van der Waals surface area contributed by atoms with Gasteiger partial charge in [-0.05, 0) is 206 Å². The largest absolute Gasteiger partial charge is 0.497 e. The zero-order chi connectivity index (χ0) is 72.3. The molecule has 1 N–H and O–H groups in total. The van der Waals surface area contributed by atoms with E-state index in [4.69, 9.17) is 51.8 Å². The number of hydrogen-bond acceptors (Lipinski definition) is 24. The molecule has 0 radical (unpaired) electrons. The summed E-state index contributed by atoms with van der Waals surface area (Å²) in [4.78, 5) is 125. The highest BCUT2D eigenvalue weighted by molar-refractivity contribution is 5.97. The van der Waals surface area contributed by atoms with Gasteiger partial charge >= 0.3 is 41.4 Å².